The van der Waals surface area contributed by atoms with Crippen LogP contribution in [0.2, 0.25) is 0 Å². The maximum Gasteiger partial charge on any atom is 0.317 e. The summed E-state index contributed by atoms with van der Waals surface area (Å²) in [5.74, 6) is 4.81. The zero-order valence-electron chi connectivity index (χ0n) is 11.4. The Morgan fingerprint density at radius 3 is 2.47 bits per heavy atom. The molecule has 0 aromatic carbocycles. The number of nitrogens with one attached hydrogen (secondary N) is 2. The fourth-order valence-corrected chi connectivity index (χ4v) is 3.01. The molecule has 2 rings (SSSR count). The number of likely N-dealkylation sites (tertiary alicyclic amines) is 1. The third-order valence-electron chi connectivity index (χ3n) is 4.15. The maximum absolute atomic E-state index is 12.2. The second kappa shape index (κ2) is 6.75. The molecule has 6 nitrogen and oxygen atoms in total. The number of nitrogens with two attached hydrogens (primary N) is 1. The molecule has 0 bridgehead atoms. The third-order valence-corrected chi connectivity index (χ3v) is 4.15. The Labute approximate surface area is 114 Å². The van der Waals surface area contributed by atoms with Crippen LogP contribution in [0.5, 0.6) is 0 Å². The van der Waals surface area contributed by atoms with E-state index in [1.807, 2.05) is 0 Å². The van der Waals surface area contributed by atoms with Crippen molar-refractivity contribution in [3.63, 3.8) is 0 Å². The smallest absolute Gasteiger partial charge is 0.317 e. The quantitative estimate of drug-likeness (QED) is 0.392. The van der Waals surface area contributed by atoms with Crippen molar-refractivity contribution in [3.8, 4) is 0 Å². The van der Waals surface area contributed by atoms with Gasteiger partial charge in [0.05, 0.1) is 5.92 Å². The number of hydrazine groups is 1. The van der Waals surface area contributed by atoms with Crippen molar-refractivity contribution in [2.24, 2.45) is 11.8 Å². The van der Waals surface area contributed by atoms with E-state index in [9.17, 15) is 9.59 Å². The van der Waals surface area contributed by atoms with E-state index in [-0.39, 0.29) is 17.9 Å². The summed E-state index contributed by atoms with van der Waals surface area (Å²) in [4.78, 5) is 25.5. The lowest BCUT2D eigenvalue weighted by Crippen LogP contribution is -2.51. The number of piperidine rings is 1. The Hall–Kier alpha value is -1.30. The molecule has 2 aliphatic rings. The van der Waals surface area contributed by atoms with E-state index in [2.05, 4.69) is 10.7 Å². The van der Waals surface area contributed by atoms with Crippen LogP contribution in [0.1, 0.15) is 44.9 Å². The molecule has 108 valence electrons. The van der Waals surface area contributed by atoms with Crippen LogP contribution in [0.25, 0.3) is 0 Å². The molecule has 0 radical (unpaired) electrons. The van der Waals surface area contributed by atoms with Crippen LogP contribution in [-0.2, 0) is 4.79 Å². The number of nitrogens with zero attached hydrogens (tertiary/aromatic N) is 1. The number of rotatable bonds is 2. The Bertz CT molecular complexity index is 329. The van der Waals surface area contributed by atoms with Gasteiger partial charge in [-0.1, -0.05) is 19.3 Å². The predicted molar refractivity (Wildman–Crippen MR) is 72.0 cm³/mol. The van der Waals surface area contributed by atoms with Crippen molar-refractivity contribution < 1.29 is 9.59 Å². The number of carbonyl (C=O) groups excluding carboxylic acids is 2. The lowest BCUT2D eigenvalue weighted by atomic mass is 9.95. The van der Waals surface area contributed by atoms with Crippen LogP contribution in [0.4, 0.5) is 4.79 Å². The van der Waals surface area contributed by atoms with Gasteiger partial charge in [0.1, 0.15) is 0 Å². The molecular weight excluding hydrogens is 244 g/mol. The first-order valence-electron chi connectivity index (χ1n) is 7.26. The minimum absolute atomic E-state index is 0.0265. The fraction of sp³-hybridized carbons (Fsp3) is 0.846. The number of hydrogen-bond acceptors (Lipinski definition) is 3. The molecule has 6 heteroatoms. The molecule has 1 heterocycles. The minimum Gasteiger partial charge on any atom is -0.335 e. The van der Waals surface area contributed by atoms with Crippen LogP contribution in [0.15, 0.2) is 0 Å². The van der Waals surface area contributed by atoms with Gasteiger partial charge < -0.3 is 10.2 Å². The van der Waals surface area contributed by atoms with Gasteiger partial charge in [0, 0.05) is 19.1 Å². The van der Waals surface area contributed by atoms with Gasteiger partial charge in [-0.05, 0) is 25.7 Å². The molecule has 0 aromatic rings. The van der Waals surface area contributed by atoms with Crippen molar-refractivity contribution in [2.75, 3.05) is 13.1 Å². The Balaban J connectivity index is 1.82. The standard InChI is InChI=1S/C13H24N4O2/c14-16-12(18)10-5-4-8-17(9-10)13(19)15-11-6-2-1-3-7-11/h10-11H,1-9,14H2,(H,15,19)(H,16,18). The largest absolute Gasteiger partial charge is 0.335 e. The monoisotopic (exact) mass is 268 g/mol. The van der Waals surface area contributed by atoms with Gasteiger partial charge in [0.2, 0.25) is 5.91 Å². The average molecular weight is 268 g/mol. The van der Waals surface area contributed by atoms with Crippen LogP contribution in [0, 0.1) is 5.92 Å². The van der Waals surface area contributed by atoms with Crippen molar-refractivity contribution >= 4 is 11.9 Å². The normalized spacial score (nSPS) is 24.9. The molecule has 1 aliphatic heterocycles. The van der Waals surface area contributed by atoms with Gasteiger partial charge in [-0.25, -0.2) is 10.6 Å². The molecule has 19 heavy (non-hydrogen) atoms. The summed E-state index contributed by atoms with van der Waals surface area (Å²) in [6.45, 7) is 1.20. The first kappa shape index (κ1) is 14.1. The third kappa shape index (κ3) is 3.83. The molecule has 1 saturated carbocycles. The first-order valence-corrected chi connectivity index (χ1v) is 7.26. The van der Waals surface area contributed by atoms with E-state index in [0.717, 1.165) is 32.2 Å². The summed E-state index contributed by atoms with van der Waals surface area (Å²) in [6, 6.07) is 0.284. The van der Waals surface area contributed by atoms with Gasteiger partial charge in [-0.3, -0.25) is 10.2 Å². The molecule has 4 N–H and O–H groups in total. The van der Waals surface area contributed by atoms with E-state index >= 15 is 0 Å². The first-order chi connectivity index (χ1) is 9.20. The van der Waals surface area contributed by atoms with Gasteiger partial charge in [-0.15, -0.1) is 0 Å². The summed E-state index contributed by atoms with van der Waals surface area (Å²) in [5.41, 5.74) is 2.18. The number of carbonyl (C=O) groups is 2. The van der Waals surface area contributed by atoms with E-state index in [1.54, 1.807) is 4.90 Å². The SMILES string of the molecule is NNC(=O)C1CCCN(C(=O)NC2CCCCC2)C1. The van der Waals surface area contributed by atoms with Crippen molar-refractivity contribution in [2.45, 2.75) is 51.0 Å². The van der Waals surface area contributed by atoms with E-state index in [1.165, 1.54) is 19.3 Å². The molecule has 3 amide bonds. The molecule has 2 fully saturated rings. The van der Waals surface area contributed by atoms with Gasteiger partial charge in [-0.2, -0.15) is 0 Å². The summed E-state index contributed by atoms with van der Waals surface area (Å²) >= 11 is 0. The maximum atomic E-state index is 12.2. The Kier molecular flexibility index (Phi) is 5.01. The van der Waals surface area contributed by atoms with Crippen LogP contribution in [-0.4, -0.2) is 36.0 Å². The van der Waals surface area contributed by atoms with Gasteiger partial charge >= 0.3 is 6.03 Å². The molecule has 1 unspecified atom stereocenters. The highest BCUT2D eigenvalue weighted by molar-refractivity contribution is 5.80. The summed E-state index contributed by atoms with van der Waals surface area (Å²) in [6.07, 6.45) is 7.48. The number of amides is 3. The van der Waals surface area contributed by atoms with Crippen LogP contribution >= 0.6 is 0 Å². The Morgan fingerprint density at radius 1 is 1.05 bits per heavy atom. The fourth-order valence-electron chi connectivity index (χ4n) is 3.01. The molecule has 0 aromatic heterocycles. The highest BCUT2D eigenvalue weighted by atomic mass is 16.2. The van der Waals surface area contributed by atoms with Crippen LogP contribution in [0.3, 0.4) is 0 Å². The van der Waals surface area contributed by atoms with E-state index in [0.29, 0.717) is 12.6 Å². The van der Waals surface area contributed by atoms with E-state index < -0.39 is 0 Å². The molecule has 1 atom stereocenters. The summed E-state index contributed by atoms with van der Waals surface area (Å²) in [7, 11) is 0. The zero-order valence-corrected chi connectivity index (χ0v) is 11.4. The predicted octanol–water partition coefficient (Wildman–Crippen LogP) is 0.731. The van der Waals surface area contributed by atoms with E-state index in [4.69, 9.17) is 5.84 Å². The summed E-state index contributed by atoms with van der Waals surface area (Å²) < 4.78 is 0. The second-order valence-electron chi connectivity index (χ2n) is 5.58. The molecule has 1 saturated heterocycles. The van der Waals surface area contributed by atoms with Crippen molar-refractivity contribution in [1.82, 2.24) is 15.6 Å². The highest BCUT2D eigenvalue weighted by Crippen LogP contribution is 2.19. The molecule has 1 aliphatic carbocycles. The zero-order chi connectivity index (χ0) is 13.7. The van der Waals surface area contributed by atoms with Crippen LogP contribution < -0.4 is 16.6 Å². The van der Waals surface area contributed by atoms with Crippen molar-refractivity contribution in [1.29, 1.82) is 0 Å². The number of hydrogen-bond donors (Lipinski definition) is 3. The Morgan fingerprint density at radius 2 is 1.79 bits per heavy atom. The van der Waals surface area contributed by atoms with Crippen molar-refractivity contribution in [3.05, 3.63) is 0 Å². The second-order valence-corrected chi connectivity index (χ2v) is 5.58. The lowest BCUT2D eigenvalue weighted by Gasteiger charge is -2.33. The average Bonchev–Trinajstić information content (AvgIpc) is 2.47. The minimum atomic E-state index is -0.171. The molecule has 0 spiro atoms. The van der Waals surface area contributed by atoms with Gasteiger partial charge in [0.25, 0.3) is 0 Å². The molecular formula is C13H24N4O2. The number of urea groups is 1. The van der Waals surface area contributed by atoms with Gasteiger partial charge in [0.15, 0.2) is 0 Å². The summed E-state index contributed by atoms with van der Waals surface area (Å²) in [5, 5.41) is 3.09. The highest BCUT2D eigenvalue weighted by Gasteiger charge is 2.29. The lowest BCUT2D eigenvalue weighted by molar-refractivity contribution is -0.126. The topological polar surface area (TPSA) is 87.5 Å².